The molecule has 0 radical (unpaired) electrons. The Labute approximate surface area is 179 Å². The molecule has 0 spiro atoms. The van der Waals surface area contributed by atoms with E-state index < -0.39 is 0 Å². The van der Waals surface area contributed by atoms with Gasteiger partial charge < -0.3 is 19.6 Å². The number of carbonyl (C=O) groups excluding carboxylic acids is 1. The van der Waals surface area contributed by atoms with Gasteiger partial charge in [-0.05, 0) is 36.6 Å². The van der Waals surface area contributed by atoms with Crippen LogP contribution in [0.25, 0.3) is 21.8 Å². The number of H-pyrrole nitrogens is 2. The van der Waals surface area contributed by atoms with E-state index in [2.05, 4.69) is 15.0 Å². The van der Waals surface area contributed by atoms with Crippen molar-refractivity contribution in [3.8, 4) is 0 Å². The Balaban J connectivity index is 1.42. The van der Waals surface area contributed by atoms with Crippen molar-refractivity contribution in [2.45, 2.75) is 31.9 Å². The molecule has 31 heavy (non-hydrogen) atoms. The van der Waals surface area contributed by atoms with Crippen LogP contribution < -0.4 is 5.56 Å². The summed E-state index contributed by atoms with van der Waals surface area (Å²) < 4.78 is 5.78. The van der Waals surface area contributed by atoms with Crippen molar-refractivity contribution in [1.29, 1.82) is 0 Å². The summed E-state index contributed by atoms with van der Waals surface area (Å²) in [4.78, 5) is 38.2. The lowest BCUT2D eigenvalue weighted by molar-refractivity contribution is -0.132. The third-order valence-corrected chi connectivity index (χ3v) is 5.82. The van der Waals surface area contributed by atoms with Crippen molar-refractivity contribution in [3.05, 3.63) is 76.5 Å². The SMILES string of the molecule is O=C(Cc1c[nH]c2ccccc12)N(Cc1nc2ccccc2c(=O)[nH]1)C[C@@H]1CCCO1. The molecule has 2 aromatic heterocycles. The molecule has 0 bridgehead atoms. The number of para-hydroxylation sites is 2. The molecule has 0 unspecified atom stereocenters. The van der Waals surface area contributed by atoms with Crippen molar-refractivity contribution in [1.82, 2.24) is 19.9 Å². The van der Waals surface area contributed by atoms with Crippen molar-refractivity contribution < 1.29 is 9.53 Å². The van der Waals surface area contributed by atoms with Crippen molar-refractivity contribution in [2.75, 3.05) is 13.2 Å². The fourth-order valence-corrected chi connectivity index (χ4v) is 4.23. The highest BCUT2D eigenvalue weighted by Crippen LogP contribution is 2.20. The van der Waals surface area contributed by atoms with Gasteiger partial charge in [-0.2, -0.15) is 0 Å². The molecule has 158 valence electrons. The van der Waals surface area contributed by atoms with Crippen LogP contribution in [0, 0.1) is 0 Å². The summed E-state index contributed by atoms with van der Waals surface area (Å²) in [5, 5.41) is 1.59. The number of rotatable bonds is 6. The summed E-state index contributed by atoms with van der Waals surface area (Å²) in [6.07, 6.45) is 4.11. The quantitative estimate of drug-likeness (QED) is 0.505. The lowest BCUT2D eigenvalue weighted by atomic mass is 10.1. The first-order chi connectivity index (χ1) is 15.2. The van der Waals surface area contributed by atoms with Crippen LogP contribution in [0.4, 0.5) is 0 Å². The second-order valence-corrected chi connectivity index (χ2v) is 7.98. The van der Waals surface area contributed by atoms with Crippen molar-refractivity contribution in [2.24, 2.45) is 0 Å². The Bertz CT molecular complexity index is 1290. The zero-order valence-electron chi connectivity index (χ0n) is 17.1. The third-order valence-electron chi connectivity index (χ3n) is 5.82. The van der Waals surface area contributed by atoms with Gasteiger partial charge in [0.05, 0.1) is 30.0 Å². The Hall–Kier alpha value is -3.45. The van der Waals surface area contributed by atoms with Crippen LogP contribution in [0.1, 0.15) is 24.2 Å². The van der Waals surface area contributed by atoms with Crippen LogP contribution in [-0.2, 0) is 22.5 Å². The van der Waals surface area contributed by atoms with E-state index in [-0.39, 0.29) is 30.5 Å². The average Bonchev–Trinajstić information content (AvgIpc) is 3.44. The smallest absolute Gasteiger partial charge is 0.258 e. The Kier molecular flexibility index (Phi) is 5.26. The summed E-state index contributed by atoms with van der Waals surface area (Å²) in [6, 6.07) is 15.2. The zero-order chi connectivity index (χ0) is 21.2. The van der Waals surface area contributed by atoms with E-state index in [1.165, 1.54) is 0 Å². The Morgan fingerprint density at radius 3 is 2.77 bits per heavy atom. The molecule has 1 amide bonds. The Morgan fingerprint density at radius 1 is 1.13 bits per heavy atom. The normalized spacial score (nSPS) is 16.2. The van der Waals surface area contributed by atoms with Crippen LogP contribution in [0.5, 0.6) is 0 Å². The van der Waals surface area contributed by atoms with E-state index >= 15 is 0 Å². The minimum atomic E-state index is -0.193. The standard InChI is InChI=1S/C24H24N4O3/c29-23(12-16-13-25-20-9-3-1-7-18(16)20)28(14-17-6-5-11-31-17)15-22-26-21-10-4-2-8-19(21)24(30)27-22/h1-4,7-10,13,17,25H,5-6,11-12,14-15H2,(H,26,27,30)/t17-/m0/s1. The first-order valence-corrected chi connectivity index (χ1v) is 10.6. The van der Waals surface area contributed by atoms with E-state index in [1.54, 1.807) is 11.0 Å². The first kappa shape index (κ1) is 19.5. The first-order valence-electron chi connectivity index (χ1n) is 10.6. The maximum Gasteiger partial charge on any atom is 0.258 e. The van der Waals surface area contributed by atoms with Gasteiger partial charge >= 0.3 is 0 Å². The van der Waals surface area contributed by atoms with Gasteiger partial charge in [0.25, 0.3) is 5.56 Å². The summed E-state index contributed by atoms with van der Waals surface area (Å²) in [5.41, 5.74) is 2.40. The van der Waals surface area contributed by atoms with Gasteiger partial charge in [-0.25, -0.2) is 4.98 Å². The maximum atomic E-state index is 13.3. The van der Waals surface area contributed by atoms with Gasteiger partial charge in [-0.15, -0.1) is 0 Å². The topological polar surface area (TPSA) is 91.1 Å². The van der Waals surface area contributed by atoms with Gasteiger partial charge in [0.15, 0.2) is 0 Å². The number of aromatic nitrogens is 3. The lowest BCUT2D eigenvalue weighted by Crippen LogP contribution is -2.38. The number of carbonyl (C=O) groups is 1. The fraction of sp³-hybridized carbons (Fsp3) is 0.292. The monoisotopic (exact) mass is 416 g/mol. The molecule has 1 aliphatic rings. The van der Waals surface area contributed by atoms with E-state index in [0.29, 0.717) is 23.3 Å². The maximum absolute atomic E-state index is 13.3. The zero-order valence-corrected chi connectivity index (χ0v) is 17.1. The molecule has 0 aliphatic carbocycles. The van der Waals surface area contributed by atoms with Gasteiger partial charge in [0.1, 0.15) is 5.82 Å². The number of ether oxygens (including phenoxy) is 1. The predicted octanol–water partition coefficient (Wildman–Crippen LogP) is 3.15. The van der Waals surface area contributed by atoms with Gasteiger partial charge in [-0.3, -0.25) is 9.59 Å². The Morgan fingerprint density at radius 2 is 1.94 bits per heavy atom. The predicted molar refractivity (Wildman–Crippen MR) is 119 cm³/mol. The average molecular weight is 416 g/mol. The second-order valence-electron chi connectivity index (χ2n) is 7.98. The highest BCUT2D eigenvalue weighted by molar-refractivity contribution is 5.89. The van der Waals surface area contributed by atoms with Crippen LogP contribution in [0.2, 0.25) is 0 Å². The number of amides is 1. The fourth-order valence-electron chi connectivity index (χ4n) is 4.23. The summed E-state index contributed by atoms with van der Waals surface area (Å²) in [7, 11) is 0. The molecule has 1 saturated heterocycles. The molecule has 1 atom stereocenters. The number of hydrogen-bond acceptors (Lipinski definition) is 4. The molecule has 1 aliphatic heterocycles. The highest BCUT2D eigenvalue weighted by atomic mass is 16.5. The number of fused-ring (bicyclic) bond motifs is 2. The van der Waals surface area contributed by atoms with E-state index in [0.717, 1.165) is 35.9 Å². The molecule has 1 fully saturated rings. The highest BCUT2D eigenvalue weighted by Gasteiger charge is 2.24. The van der Waals surface area contributed by atoms with Crippen LogP contribution in [-0.4, -0.2) is 45.0 Å². The minimum absolute atomic E-state index is 0.0131. The van der Waals surface area contributed by atoms with Crippen LogP contribution in [0.3, 0.4) is 0 Å². The largest absolute Gasteiger partial charge is 0.376 e. The van der Waals surface area contributed by atoms with Gasteiger partial charge in [-0.1, -0.05) is 30.3 Å². The third kappa shape index (κ3) is 4.09. The lowest BCUT2D eigenvalue weighted by Gasteiger charge is -2.25. The van der Waals surface area contributed by atoms with E-state index in [4.69, 9.17) is 4.74 Å². The molecule has 2 N–H and O–H groups in total. The van der Waals surface area contributed by atoms with Gasteiger partial charge in [0, 0.05) is 30.3 Å². The molecule has 4 aromatic rings. The van der Waals surface area contributed by atoms with Crippen LogP contribution >= 0.6 is 0 Å². The number of benzene rings is 2. The summed E-state index contributed by atoms with van der Waals surface area (Å²) in [5.74, 6) is 0.463. The molecule has 7 nitrogen and oxygen atoms in total. The number of aromatic amines is 2. The molecular weight excluding hydrogens is 392 g/mol. The molecular formula is C24H24N4O3. The molecule has 5 rings (SSSR count). The van der Waals surface area contributed by atoms with Crippen molar-refractivity contribution >= 4 is 27.7 Å². The van der Waals surface area contributed by atoms with Gasteiger partial charge in [0.2, 0.25) is 5.91 Å². The summed E-state index contributed by atoms with van der Waals surface area (Å²) >= 11 is 0. The van der Waals surface area contributed by atoms with E-state index in [9.17, 15) is 9.59 Å². The van der Waals surface area contributed by atoms with E-state index in [1.807, 2.05) is 48.7 Å². The molecule has 7 heteroatoms. The number of nitrogens with one attached hydrogen (secondary N) is 2. The minimum Gasteiger partial charge on any atom is -0.376 e. The van der Waals surface area contributed by atoms with Crippen molar-refractivity contribution in [3.63, 3.8) is 0 Å². The summed E-state index contributed by atoms with van der Waals surface area (Å²) in [6.45, 7) is 1.44. The molecule has 2 aromatic carbocycles. The molecule has 0 saturated carbocycles. The number of nitrogens with zero attached hydrogens (tertiary/aromatic N) is 2. The second kappa shape index (κ2) is 8.35. The van der Waals surface area contributed by atoms with Crippen LogP contribution in [0.15, 0.2) is 59.5 Å². The number of hydrogen-bond donors (Lipinski definition) is 2. The molecule has 3 heterocycles.